The molecule has 4 bridgehead atoms. The molecule has 4 aliphatic carbocycles. The molecular weight excluding hydrogens is 304 g/mol. The molecule has 0 aromatic carbocycles. The van der Waals surface area contributed by atoms with Gasteiger partial charge in [-0.05, 0) is 68.4 Å². The minimum Gasteiger partial charge on any atom is -0.332 e. The molecule has 24 heavy (non-hydrogen) atoms. The highest BCUT2D eigenvalue weighted by Gasteiger charge is 2.51. The van der Waals surface area contributed by atoms with E-state index in [-0.39, 0.29) is 17.5 Å². The standard InChI is InChI=1S/C18H24N4O2/c1-11(23)20-16-3-2-15(10-19-16)21-17(24)22-18-7-12-4-13(8-18)6-14(5-12)9-18/h2-3,10,12-14H,4-9H2,1H3,(H,19,20,23)(H2,21,22,24). The number of carbonyl (C=O) groups excluding carboxylic acids is 2. The van der Waals surface area contributed by atoms with Crippen LogP contribution in [0.15, 0.2) is 18.3 Å². The fraction of sp³-hybridized carbons (Fsp3) is 0.611. The van der Waals surface area contributed by atoms with Gasteiger partial charge in [-0.2, -0.15) is 0 Å². The summed E-state index contributed by atoms with van der Waals surface area (Å²) < 4.78 is 0. The van der Waals surface area contributed by atoms with Crippen molar-refractivity contribution < 1.29 is 9.59 Å². The van der Waals surface area contributed by atoms with Gasteiger partial charge in [-0.3, -0.25) is 4.79 Å². The third-order valence-electron chi connectivity index (χ3n) is 5.74. The number of rotatable bonds is 3. The lowest BCUT2D eigenvalue weighted by Gasteiger charge is -2.56. The van der Waals surface area contributed by atoms with Gasteiger partial charge in [0.25, 0.3) is 0 Å². The Hall–Kier alpha value is -2.11. The van der Waals surface area contributed by atoms with Crippen LogP contribution in [0.5, 0.6) is 0 Å². The van der Waals surface area contributed by atoms with Gasteiger partial charge in [0.2, 0.25) is 5.91 Å². The fourth-order valence-electron chi connectivity index (χ4n) is 5.39. The van der Waals surface area contributed by atoms with Crippen molar-refractivity contribution >= 4 is 23.4 Å². The van der Waals surface area contributed by atoms with Crippen molar-refractivity contribution in [2.75, 3.05) is 10.6 Å². The van der Waals surface area contributed by atoms with Crippen LogP contribution < -0.4 is 16.0 Å². The van der Waals surface area contributed by atoms with Crippen molar-refractivity contribution in [3.8, 4) is 0 Å². The molecule has 4 aliphatic rings. The largest absolute Gasteiger partial charge is 0.332 e. The highest BCUT2D eigenvalue weighted by molar-refractivity contribution is 5.90. The van der Waals surface area contributed by atoms with Crippen LogP contribution in [0.1, 0.15) is 45.4 Å². The predicted octanol–water partition coefficient (Wildman–Crippen LogP) is 3.13. The molecule has 0 saturated heterocycles. The number of hydrogen-bond acceptors (Lipinski definition) is 3. The topological polar surface area (TPSA) is 83.1 Å². The van der Waals surface area contributed by atoms with Crippen LogP contribution in [-0.2, 0) is 4.79 Å². The van der Waals surface area contributed by atoms with Gasteiger partial charge in [0, 0.05) is 12.5 Å². The van der Waals surface area contributed by atoms with E-state index in [9.17, 15) is 9.59 Å². The van der Waals surface area contributed by atoms with Gasteiger partial charge in [-0.15, -0.1) is 0 Å². The molecule has 5 rings (SSSR count). The maximum absolute atomic E-state index is 12.4. The number of aromatic nitrogens is 1. The average Bonchev–Trinajstić information content (AvgIpc) is 2.46. The summed E-state index contributed by atoms with van der Waals surface area (Å²) in [5.74, 6) is 2.72. The van der Waals surface area contributed by atoms with Crippen molar-refractivity contribution in [2.24, 2.45) is 17.8 Å². The summed E-state index contributed by atoms with van der Waals surface area (Å²) in [4.78, 5) is 27.6. The van der Waals surface area contributed by atoms with Gasteiger partial charge in [0.15, 0.2) is 0 Å². The Morgan fingerprint density at radius 1 is 1.04 bits per heavy atom. The van der Waals surface area contributed by atoms with Crippen LogP contribution in [0.4, 0.5) is 16.3 Å². The Balaban J connectivity index is 1.37. The van der Waals surface area contributed by atoms with Crippen LogP contribution >= 0.6 is 0 Å². The molecule has 0 aliphatic heterocycles. The van der Waals surface area contributed by atoms with Gasteiger partial charge >= 0.3 is 6.03 Å². The first-order valence-electron chi connectivity index (χ1n) is 8.82. The molecule has 6 nitrogen and oxygen atoms in total. The Morgan fingerprint density at radius 3 is 2.17 bits per heavy atom. The lowest BCUT2D eigenvalue weighted by atomic mass is 9.53. The second-order valence-corrected chi connectivity index (χ2v) is 7.89. The lowest BCUT2D eigenvalue weighted by Crippen LogP contribution is -2.60. The molecule has 3 amide bonds. The molecule has 1 aromatic rings. The third kappa shape index (κ3) is 3.09. The maximum Gasteiger partial charge on any atom is 0.319 e. The lowest BCUT2D eigenvalue weighted by molar-refractivity contribution is -0.114. The Bertz CT molecular complexity index is 620. The number of nitrogens with one attached hydrogen (secondary N) is 3. The summed E-state index contributed by atoms with van der Waals surface area (Å²) in [5.41, 5.74) is 0.633. The van der Waals surface area contributed by atoms with Crippen LogP contribution in [0.2, 0.25) is 0 Å². The van der Waals surface area contributed by atoms with E-state index in [0.717, 1.165) is 37.0 Å². The maximum atomic E-state index is 12.4. The molecular formula is C18H24N4O2. The molecule has 0 radical (unpaired) electrons. The first kappa shape index (κ1) is 15.4. The SMILES string of the molecule is CC(=O)Nc1ccc(NC(=O)NC23CC4CC(CC(C4)C2)C3)cn1. The molecule has 0 unspecified atom stereocenters. The van der Waals surface area contributed by atoms with Gasteiger partial charge < -0.3 is 16.0 Å². The van der Waals surface area contributed by atoms with E-state index in [1.807, 2.05) is 0 Å². The fourth-order valence-corrected chi connectivity index (χ4v) is 5.39. The molecule has 1 heterocycles. The van der Waals surface area contributed by atoms with Gasteiger partial charge in [0.05, 0.1) is 11.9 Å². The highest BCUT2D eigenvalue weighted by Crippen LogP contribution is 2.55. The third-order valence-corrected chi connectivity index (χ3v) is 5.74. The van der Waals surface area contributed by atoms with E-state index in [0.29, 0.717) is 11.5 Å². The number of anilines is 2. The number of urea groups is 1. The van der Waals surface area contributed by atoms with Crippen LogP contribution in [0.3, 0.4) is 0 Å². The number of carbonyl (C=O) groups is 2. The van der Waals surface area contributed by atoms with E-state index in [4.69, 9.17) is 0 Å². The van der Waals surface area contributed by atoms with E-state index < -0.39 is 0 Å². The second-order valence-electron chi connectivity index (χ2n) is 7.89. The molecule has 0 spiro atoms. The summed E-state index contributed by atoms with van der Waals surface area (Å²) >= 11 is 0. The Morgan fingerprint density at radius 2 is 1.67 bits per heavy atom. The summed E-state index contributed by atoms with van der Waals surface area (Å²) in [6.07, 6.45) is 9.03. The minimum atomic E-state index is -0.164. The highest BCUT2D eigenvalue weighted by atomic mass is 16.2. The van der Waals surface area contributed by atoms with Crippen LogP contribution in [0.25, 0.3) is 0 Å². The zero-order valence-corrected chi connectivity index (χ0v) is 14.0. The van der Waals surface area contributed by atoms with Gasteiger partial charge in [-0.1, -0.05) is 0 Å². The summed E-state index contributed by atoms with van der Waals surface area (Å²) in [5, 5.41) is 8.75. The molecule has 6 heteroatoms. The minimum absolute atomic E-state index is 0.00237. The van der Waals surface area contributed by atoms with E-state index in [1.54, 1.807) is 18.3 Å². The smallest absolute Gasteiger partial charge is 0.319 e. The summed E-state index contributed by atoms with van der Waals surface area (Å²) in [6.45, 7) is 1.44. The number of amides is 3. The number of pyridine rings is 1. The van der Waals surface area contributed by atoms with Crippen LogP contribution in [-0.4, -0.2) is 22.5 Å². The van der Waals surface area contributed by atoms with E-state index >= 15 is 0 Å². The van der Waals surface area contributed by atoms with Gasteiger partial charge in [-0.25, -0.2) is 9.78 Å². The molecule has 0 atom stereocenters. The zero-order chi connectivity index (χ0) is 16.7. The quantitative estimate of drug-likeness (QED) is 0.797. The number of nitrogens with zero attached hydrogens (tertiary/aromatic N) is 1. The summed E-state index contributed by atoms with van der Waals surface area (Å²) in [7, 11) is 0. The molecule has 4 fully saturated rings. The first-order chi connectivity index (χ1) is 11.5. The van der Waals surface area contributed by atoms with E-state index in [1.165, 1.54) is 26.2 Å². The molecule has 4 saturated carbocycles. The molecule has 3 N–H and O–H groups in total. The van der Waals surface area contributed by atoms with Crippen molar-refractivity contribution in [1.82, 2.24) is 10.3 Å². The Labute approximate surface area is 141 Å². The van der Waals surface area contributed by atoms with Crippen molar-refractivity contribution in [3.05, 3.63) is 18.3 Å². The van der Waals surface area contributed by atoms with Crippen molar-refractivity contribution in [2.45, 2.75) is 51.0 Å². The number of hydrogen-bond donors (Lipinski definition) is 3. The second kappa shape index (κ2) is 5.76. The van der Waals surface area contributed by atoms with Crippen molar-refractivity contribution in [1.29, 1.82) is 0 Å². The van der Waals surface area contributed by atoms with Crippen molar-refractivity contribution in [3.63, 3.8) is 0 Å². The van der Waals surface area contributed by atoms with E-state index in [2.05, 4.69) is 20.9 Å². The summed E-state index contributed by atoms with van der Waals surface area (Å²) in [6, 6.07) is 3.28. The molecule has 1 aromatic heterocycles. The first-order valence-corrected chi connectivity index (χ1v) is 8.82. The predicted molar refractivity (Wildman–Crippen MR) is 91.6 cm³/mol. The van der Waals surface area contributed by atoms with Gasteiger partial charge in [0.1, 0.15) is 5.82 Å². The monoisotopic (exact) mass is 328 g/mol. The Kier molecular flexibility index (Phi) is 3.70. The normalized spacial score (nSPS) is 33.1. The zero-order valence-electron chi connectivity index (χ0n) is 14.0. The average molecular weight is 328 g/mol. The van der Waals surface area contributed by atoms with Crippen LogP contribution in [0, 0.1) is 17.8 Å². The molecule has 128 valence electrons.